The zero-order valence-electron chi connectivity index (χ0n) is 12.0. The van der Waals surface area contributed by atoms with Crippen LogP contribution in [0.5, 0.6) is 0 Å². The molecule has 2 rings (SSSR count). The van der Waals surface area contributed by atoms with Gasteiger partial charge in [-0.05, 0) is 32.3 Å². The first-order valence-corrected chi connectivity index (χ1v) is 8.43. The zero-order valence-corrected chi connectivity index (χ0v) is 12.8. The Morgan fingerprint density at radius 1 is 1.38 bits per heavy atom. The first kappa shape index (κ1) is 16.3. The highest BCUT2D eigenvalue weighted by Gasteiger charge is 2.43. The molecule has 1 aliphatic carbocycles. The Morgan fingerprint density at radius 2 is 2.05 bits per heavy atom. The summed E-state index contributed by atoms with van der Waals surface area (Å²) in [7, 11) is -2.19. The lowest BCUT2D eigenvalue weighted by Crippen LogP contribution is -2.52. The number of hydrogen-bond donors (Lipinski definition) is 1. The fourth-order valence-electron chi connectivity index (χ4n) is 2.55. The lowest BCUT2D eigenvalue weighted by molar-refractivity contribution is 0.135. The third-order valence-electron chi connectivity index (χ3n) is 3.86. The second-order valence-electron chi connectivity index (χ2n) is 5.49. The minimum atomic E-state index is -3.62. The van der Waals surface area contributed by atoms with Crippen LogP contribution in [0.15, 0.2) is 18.2 Å². The van der Waals surface area contributed by atoms with Crippen LogP contribution < -0.4 is 4.72 Å². The van der Waals surface area contributed by atoms with Crippen LogP contribution in [0.1, 0.15) is 31.7 Å². The third kappa shape index (κ3) is 3.59. The topological polar surface area (TPSA) is 55.4 Å². The molecular weight excluding hydrogens is 300 g/mol. The van der Waals surface area contributed by atoms with Crippen LogP contribution in [-0.2, 0) is 20.3 Å². The highest BCUT2D eigenvalue weighted by molar-refractivity contribution is 7.89. The van der Waals surface area contributed by atoms with Gasteiger partial charge in [-0.25, -0.2) is 21.9 Å². The molecule has 0 saturated heterocycles. The highest BCUT2D eigenvalue weighted by Crippen LogP contribution is 2.43. The summed E-state index contributed by atoms with van der Waals surface area (Å²) in [6.07, 6.45) is 1.32. The number of sulfonamides is 1. The molecule has 4 nitrogen and oxygen atoms in total. The van der Waals surface area contributed by atoms with Gasteiger partial charge >= 0.3 is 0 Å². The molecule has 1 atom stereocenters. The molecule has 1 N–H and O–H groups in total. The minimum Gasteiger partial charge on any atom is -0.381 e. The maximum Gasteiger partial charge on any atom is 0.214 e. The molecular formula is C14H19F2NO3S. The van der Waals surface area contributed by atoms with Crippen LogP contribution in [0.2, 0.25) is 0 Å². The van der Waals surface area contributed by atoms with Gasteiger partial charge in [0.1, 0.15) is 11.6 Å². The molecule has 0 heterocycles. The van der Waals surface area contributed by atoms with Gasteiger partial charge < -0.3 is 4.74 Å². The molecule has 1 saturated carbocycles. The van der Waals surface area contributed by atoms with E-state index in [4.69, 9.17) is 4.74 Å². The van der Waals surface area contributed by atoms with Crippen molar-refractivity contribution in [1.29, 1.82) is 0 Å². The maximum atomic E-state index is 14.0. The second-order valence-corrected chi connectivity index (χ2v) is 7.26. The number of methoxy groups -OCH3 is 1. The van der Waals surface area contributed by atoms with E-state index in [0.29, 0.717) is 12.8 Å². The van der Waals surface area contributed by atoms with E-state index in [1.165, 1.54) is 13.2 Å². The normalized spacial score (nSPS) is 19.0. The standard InChI is InChI=1S/C14H19F2NO3S/c1-10(20-2)9-21(18,19)17-14(6-3-7-14)12-5-4-11(15)8-13(12)16/h4-5,8,10,17H,3,6-7,9H2,1-2H3/t10-/m1/s1. The lowest BCUT2D eigenvalue weighted by Gasteiger charge is -2.42. The zero-order chi connectivity index (χ0) is 15.7. The summed E-state index contributed by atoms with van der Waals surface area (Å²) in [6.45, 7) is 1.64. The van der Waals surface area contributed by atoms with E-state index in [-0.39, 0.29) is 11.3 Å². The lowest BCUT2D eigenvalue weighted by atomic mass is 9.72. The van der Waals surface area contributed by atoms with Crippen molar-refractivity contribution in [3.63, 3.8) is 0 Å². The quantitative estimate of drug-likeness (QED) is 0.875. The third-order valence-corrected chi connectivity index (χ3v) is 5.47. The summed E-state index contributed by atoms with van der Waals surface area (Å²) >= 11 is 0. The molecule has 0 radical (unpaired) electrons. The van der Waals surface area contributed by atoms with Crippen LogP contribution in [0.4, 0.5) is 8.78 Å². The first-order valence-electron chi connectivity index (χ1n) is 6.78. The van der Waals surface area contributed by atoms with Crippen molar-refractivity contribution in [3.05, 3.63) is 35.4 Å². The molecule has 7 heteroatoms. The molecule has 0 spiro atoms. The molecule has 1 fully saturated rings. The Labute approximate surface area is 123 Å². The van der Waals surface area contributed by atoms with E-state index in [9.17, 15) is 17.2 Å². The van der Waals surface area contributed by atoms with Gasteiger partial charge in [0.15, 0.2) is 0 Å². The molecule has 1 aromatic rings. The van der Waals surface area contributed by atoms with Gasteiger partial charge in [0, 0.05) is 18.7 Å². The Balaban J connectivity index is 2.26. The van der Waals surface area contributed by atoms with Crippen LogP contribution in [0.3, 0.4) is 0 Å². The Bertz CT molecular complexity index is 615. The summed E-state index contributed by atoms with van der Waals surface area (Å²) in [4.78, 5) is 0. The minimum absolute atomic E-state index is 0.198. The Hall–Kier alpha value is -1.05. The molecule has 0 aromatic heterocycles. The average Bonchev–Trinajstić information content (AvgIpc) is 2.34. The van der Waals surface area contributed by atoms with Crippen LogP contribution in [0, 0.1) is 11.6 Å². The van der Waals surface area contributed by atoms with Gasteiger partial charge in [0.05, 0.1) is 17.4 Å². The van der Waals surface area contributed by atoms with Crippen molar-refractivity contribution in [2.24, 2.45) is 0 Å². The second kappa shape index (κ2) is 5.98. The summed E-state index contributed by atoms with van der Waals surface area (Å²) in [5, 5.41) is 0. The van der Waals surface area contributed by atoms with Crippen molar-refractivity contribution in [2.45, 2.75) is 37.8 Å². The molecule has 21 heavy (non-hydrogen) atoms. The number of ether oxygens (including phenoxy) is 1. The molecule has 118 valence electrons. The molecule has 0 bridgehead atoms. The van der Waals surface area contributed by atoms with E-state index >= 15 is 0 Å². The smallest absolute Gasteiger partial charge is 0.214 e. The number of benzene rings is 1. The monoisotopic (exact) mass is 319 g/mol. The van der Waals surface area contributed by atoms with E-state index in [2.05, 4.69) is 4.72 Å². The van der Waals surface area contributed by atoms with Crippen molar-refractivity contribution in [2.75, 3.05) is 12.9 Å². The summed E-state index contributed by atoms with van der Waals surface area (Å²) < 4.78 is 58.9. The molecule has 1 aliphatic rings. The predicted molar refractivity (Wildman–Crippen MR) is 75.3 cm³/mol. The van der Waals surface area contributed by atoms with E-state index < -0.39 is 33.3 Å². The highest BCUT2D eigenvalue weighted by atomic mass is 32.2. The fraction of sp³-hybridized carbons (Fsp3) is 0.571. The Morgan fingerprint density at radius 3 is 2.52 bits per heavy atom. The number of halogens is 2. The molecule has 0 amide bonds. The first-order chi connectivity index (χ1) is 9.78. The fourth-order valence-corrected chi connectivity index (χ4v) is 4.30. The number of hydrogen-bond acceptors (Lipinski definition) is 3. The Kier molecular flexibility index (Phi) is 4.65. The predicted octanol–water partition coefficient (Wildman–Crippen LogP) is 2.30. The summed E-state index contributed by atoms with van der Waals surface area (Å²) in [5.74, 6) is -1.60. The van der Waals surface area contributed by atoms with E-state index in [0.717, 1.165) is 18.6 Å². The molecule has 0 unspecified atom stereocenters. The van der Waals surface area contributed by atoms with Gasteiger partial charge in [-0.2, -0.15) is 0 Å². The molecule has 1 aromatic carbocycles. The summed E-state index contributed by atoms with van der Waals surface area (Å²) in [6, 6.07) is 3.23. The van der Waals surface area contributed by atoms with Crippen LogP contribution >= 0.6 is 0 Å². The number of rotatable bonds is 6. The SMILES string of the molecule is CO[C@H](C)CS(=O)(=O)NC1(c2ccc(F)cc2F)CCC1. The van der Waals surface area contributed by atoms with Gasteiger partial charge in [0.2, 0.25) is 10.0 Å². The maximum absolute atomic E-state index is 14.0. The van der Waals surface area contributed by atoms with Gasteiger partial charge in [0.25, 0.3) is 0 Å². The van der Waals surface area contributed by atoms with Gasteiger partial charge in [-0.15, -0.1) is 0 Å². The van der Waals surface area contributed by atoms with Crippen LogP contribution in [0.25, 0.3) is 0 Å². The van der Waals surface area contributed by atoms with Crippen molar-refractivity contribution in [3.8, 4) is 0 Å². The summed E-state index contributed by atoms with van der Waals surface area (Å²) in [5.41, 5.74) is -0.770. The molecule has 0 aliphatic heterocycles. The number of nitrogens with one attached hydrogen (secondary N) is 1. The van der Waals surface area contributed by atoms with Crippen molar-refractivity contribution in [1.82, 2.24) is 4.72 Å². The van der Waals surface area contributed by atoms with E-state index in [1.807, 2.05) is 0 Å². The van der Waals surface area contributed by atoms with Gasteiger partial charge in [-0.3, -0.25) is 0 Å². The van der Waals surface area contributed by atoms with Crippen LogP contribution in [-0.4, -0.2) is 27.4 Å². The van der Waals surface area contributed by atoms with E-state index in [1.54, 1.807) is 6.92 Å². The van der Waals surface area contributed by atoms with Crippen molar-refractivity contribution < 1.29 is 21.9 Å². The largest absolute Gasteiger partial charge is 0.381 e. The van der Waals surface area contributed by atoms with Crippen molar-refractivity contribution >= 4 is 10.0 Å². The average molecular weight is 319 g/mol. The van der Waals surface area contributed by atoms with Gasteiger partial charge in [-0.1, -0.05) is 6.07 Å².